The first-order valence-corrected chi connectivity index (χ1v) is 11.0. The van der Waals surface area contributed by atoms with Crippen molar-refractivity contribution in [2.24, 2.45) is 5.92 Å². The van der Waals surface area contributed by atoms with Crippen LogP contribution < -0.4 is 24.8 Å². The average Bonchev–Trinajstić information content (AvgIpc) is 2.78. The molecule has 7 nitrogen and oxygen atoms in total. The van der Waals surface area contributed by atoms with Gasteiger partial charge in [-0.25, -0.2) is 0 Å². The van der Waals surface area contributed by atoms with Gasteiger partial charge in [-0.1, -0.05) is 32.0 Å². The van der Waals surface area contributed by atoms with Crippen LogP contribution in [0.3, 0.4) is 0 Å². The van der Waals surface area contributed by atoms with Gasteiger partial charge in [-0.2, -0.15) is 0 Å². The monoisotopic (exact) mass is 442 g/mol. The van der Waals surface area contributed by atoms with E-state index in [4.69, 9.17) is 14.2 Å². The lowest BCUT2D eigenvalue weighted by Gasteiger charge is -2.25. The van der Waals surface area contributed by atoms with Gasteiger partial charge >= 0.3 is 0 Å². The van der Waals surface area contributed by atoms with Crippen molar-refractivity contribution in [1.82, 2.24) is 10.6 Å². The Hall–Kier alpha value is -3.22. The molecule has 0 radical (unpaired) electrons. The summed E-state index contributed by atoms with van der Waals surface area (Å²) in [6.45, 7) is 10.5. The maximum atomic E-state index is 13.1. The third kappa shape index (κ3) is 6.39. The van der Waals surface area contributed by atoms with E-state index in [1.165, 1.54) is 7.11 Å². The molecule has 2 rings (SSSR count). The largest absolute Gasteiger partial charge is 0.496 e. The van der Waals surface area contributed by atoms with E-state index in [9.17, 15) is 9.59 Å². The molecule has 2 aromatic carbocycles. The minimum absolute atomic E-state index is 0.111. The van der Waals surface area contributed by atoms with E-state index in [0.717, 1.165) is 5.56 Å². The Morgan fingerprint density at radius 2 is 1.53 bits per heavy atom. The molecule has 0 fully saturated rings. The number of ether oxygens (including phenoxy) is 3. The number of nitrogens with one attached hydrogen (secondary N) is 2. The first kappa shape index (κ1) is 25.0. The Morgan fingerprint density at radius 3 is 2.16 bits per heavy atom. The van der Waals surface area contributed by atoms with E-state index in [0.29, 0.717) is 36.0 Å². The Morgan fingerprint density at radius 1 is 0.875 bits per heavy atom. The Labute approximate surface area is 190 Å². The zero-order chi connectivity index (χ0) is 23.7. The summed E-state index contributed by atoms with van der Waals surface area (Å²) in [5, 5.41) is 5.85. The van der Waals surface area contributed by atoms with E-state index in [1.807, 2.05) is 52.8 Å². The molecule has 2 atom stereocenters. The number of hydrogen-bond acceptors (Lipinski definition) is 5. The first-order valence-electron chi connectivity index (χ1n) is 11.0. The fourth-order valence-corrected chi connectivity index (χ4v) is 3.31. The van der Waals surface area contributed by atoms with Crippen LogP contribution in [0.1, 0.15) is 56.6 Å². The van der Waals surface area contributed by atoms with Crippen LogP contribution in [0.25, 0.3) is 0 Å². The summed E-state index contributed by atoms with van der Waals surface area (Å²) < 4.78 is 16.6. The van der Waals surface area contributed by atoms with Crippen molar-refractivity contribution in [2.75, 3.05) is 20.3 Å². The summed E-state index contributed by atoms with van der Waals surface area (Å²) >= 11 is 0. The first-order chi connectivity index (χ1) is 15.3. The van der Waals surface area contributed by atoms with E-state index >= 15 is 0 Å². The highest BCUT2D eigenvalue weighted by Crippen LogP contribution is 2.30. The fourth-order valence-electron chi connectivity index (χ4n) is 3.31. The van der Waals surface area contributed by atoms with Crippen LogP contribution in [0.4, 0.5) is 0 Å². The van der Waals surface area contributed by atoms with Crippen molar-refractivity contribution in [3.05, 3.63) is 53.6 Å². The molecule has 0 saturated heterocycles. The highest BCUT2D eigenvalue weighted by atomic mass is 16.5. The number of methoxy groups -OCH3 is 1. The number of para-hydroxylation sites is 1. The van der Waals surface area contributed by atoms with Crippen LogP contribution in [0.5, 0.6) is 17.2 Å². The van der Waals surface area contributed by atoms with Gasteiger partial charge in [-0.15, -0.1) is 0 Å². The summed E-state index contributed by atoms with van der Waals surface area (Å²) in [7, 11) is 1.51. The second-order valence-corrected chi connectivity index (χ2v) is 7.70. The molecule has 0 bridgehead atoms. The maximum Gasteiger partial charge on any atom is 0.255 e. The molecule has 0 aliphatic carbocycles. The van der Waals surface area contributed by atoms with Crippen molar-refractivity contribution in [1.29, 1.82) is 0 Å². The molecule has 0 aliphatic heterocycles. The Kier molecular flexibility index (Phi) is 9.38. The Bertz CT molecular complexity index is 913. The van der Waals surface area contributed by atoms with Gasteiger partial charge in [0.15, 0.2) is 11.5 Å². The van der Waals surface area contributed by atoms with Crippen LogP contribution in [-0.4, -0.2) is 38.2 Å². The van der Waals surface area contributed by atoms with Crippen molar-refractivity contribution in [3.8, 4) is 17.2 Å². The lowest BCUT2D eigenvalue weighted by atomic mass is 10.0. The summed E-state index contributed by atoms with van der Waals surface area (Å²) in [6, 6.07) is 11.5. The number of carbonyl (C=O) groups is 2. The van der Waals surface area contributed by atoms with E-state index < -0.39 is 6.04 Å². The van der Waals surface area contributed by atoms with Gasteiger partial charge in [0.05, 0.1) is 31.9 Å². The lowest BCUT2D eigenvalue weighted by molar-refractivity contribution is -0.124. The average molecular weight is 443 g/mol. The van der Waals surface area contributed by atoms with Gasteiger partial charge in [0.2, 0.25) is 5.91 Å². The third-order valence-corrected chi connectivity index (χ3v) is 5.01. The zero-order valence-electron chi connectivity index (χ0n) is 19.7. The predicted molar refractivity (Wildman–Crippen MR) is 124 cm³/mol. The smallest absolute Gasteiger partial charge is 0.255 e. The molecule has 0 aliphatic rings. The van der Waals surface area contributed by atoms with Crippen LogP contribution in [-0.2, 0) is 4.79 Å². The van der Waals surface area contributed by atoms with Crippen LogP contribution in [0.15, 0.2) is 42.5 Å². The van der Waals surface area contributed by atoms with Gasteiger partial charge in [0.1, 0.15) is 11.8 Å². The molecule has 174 valence electrons. The fraction of sp³-hybridized carbons (Fsp3) is 0.440. The number of rotatable bonds is 11. The molecule has 2 unspecified atom stereocenters. The standard InChI is InChI=1S/C25H34N2O5/c1-7-31-21-14-13-18(15-22(21)32-8-2)17(5)26-25(29)23(16(3)4)27-24(28)19-11-9-10-12-20(19)30-6/h9-17,23H,7-8H2,1-6H3,(H,26,29)(H,27,28). The highest BCUT2D eigenvalue weighted by molar-refractivity contribution is 5.99. The predicted octanol–water partition coefficient (Wildman–Crippen LogP) is 4.12. The molecular formula is C25H34N2O5. The topological polar surface area (TPSA) is 85.9 Å². The molecule has 0 spiro atoms. The van der Waals surface area contributed by atoms with Gasteiger partial charge in [0.25, 0.3) is 5.91 Å². The summed E-state index contributed by atoms with van der Waals surface area (Å²) in [5.74, 6) is 1.03. The molecule has 7 heteroatoms. The molecule has 0 aromatic heterocycles. The summed E-state index contributed by atoms with van der Waals surface area (Å²) in [5.41, 5.74) is 1.26. The Balaban J connectivity index is 2.15. The molecule has 0 saturated carbocycles. The van der Waals surface area contributed by atoms with Gasteiger partial charge < -0.3 is 24.8 Å². The van der Waals surface area contributed by atoms with Crippen molar-refractivity contribution in [3.63, 3.8) is 0 Å². The molecule has 2 N–H and O–H groups in total. The molecule has 2 amide bonds. The normalized spacial score (nSPS) is 12.6. The van der Waals surface area contributed by atoms with Crippen LogP contribution >= 0.6 is 0 Å². The maximum absolute atomic E-state index is 13.1. The number of benzene rings is 2. The van der Waals surface area contributed by atoms with Crippen molar-refractivity contribution < 1.29 is 23.8 Å². The number of carbonyl (C=O) groups excluding carboxylic acids is 2. The van der Waals surface area contributed by atoms with Crippen LogP contribution in [0, 0.1) is 5.92 Å². The van der Waals surface area contributed by atoms with E-state index in [2.05, 4.69) is 10.6 Å². The van der Waals surface area contributed by atoms with Crippen molar-refractivity contribution >= 4 is 11.8 Å². The van der Waals surface area contributed by atoms with Gasteiger partial charge in [0, 0.05) is 0 Å². The molecule has 32 heavy (non-hydrogen) atoms. The molecule has 2 aromatic rings. The quantitative estimate of drug-likeness (QED) is 0.547. The highest BCUT2D eigenvalue weighted by Gasteiger charge is 2.27. The molecular weight excluding hydrogens is 408 g/mol. The zero-order valence-corrected chi connectivity index (χ0v) is 19.7. The van der Waals surface area contributed by atoms with Gasteiger partial charge in [-0.3, -0.25) is 9.59 Å². The van der Waals surface area contributed by atoms with E-state index in [1.54, 1.807) is 24.3 Å². The lowest BCUT2D eigenvalue weighted by Crippen LogP contribution is -2.50. The summed E-state index contributed by atoms with van der Waals surface area (Å²) in [4.78, 5) is 25.9. The number of amides is 2. The summed E-state index contributed by atoms with van der Waals surface area (Å²) in [6.07, 6.45) is 0. The molecule has 0 heterocycles. The SMILES string of the molecule is CCOc1ccc(C(C)NC(=O)C(NC(=O)c2ccccc2OC)C(C)C)cc1OCC. The minimum atomic E-state index is -0.705. The third-order valence-electron chi connectivity index (χ3n) is 5.01. The van der Waals surface area contributed by atoms with Crippen LogP contribution in [0.2, 0.25) is 0 Å². The van der Waals surface area contributed by atoms with Gasteiger partial charge in [-0.05, 0) is 56.5 Å². The number of hydrogen-bond donors (Lipinski definition) is 2. The van der Waals surface area contributed by atoms with Crippen molar-refractivity contribution in [2.45, 2.75) is 46.7 Å². The van der Waals surface area contributed by atoms with E-state index in [-0.39, 0.29) is 23.8 Å². The second-order valence-electron chi connectivity index (χ2n) is 7.70. The second kappa shape index (κ2) is 12.0. The minimum Gasteiger partial charge on any atom is -0.496 e.